The summed E-state index contributed by atoms with van der Waals surface area (Å²) < 4.78 is 23.3. The van der Waals surface area contributed by atoms with E-state index in [0.717, 1.165) is 25.8 Å². The Balaban J connectivity index is 1.57. The van der Waals surface area contributed by atoms with E-state index in [-0.39, 0.29) is 11.8 Å². The Morgan fingerprint density at radius 1 is 1.00 bits per heavy atom. The Bertz CT molecular complexity index is 741. The molecule has 0 aromatic heterocycles. The molecule has 1 N–H and O–H groups in total. The van der Waals surface area contributed by atoms with E-state index < -0.39 is 9.84 Å². The Morgan fingerprint density at radius 2 is 1.78 bits per heavy atom. The van der Waals surface area contributed by atoms with Crippen LogP contribution >= 0.6 is 0 Å². The molecule has 0 unspecified atom stereocenters. The van der Waals surface area contributed by atoms with Gasteiger partial charge < -0.3 is 5.32 Å². The molecule has 1 aliphatic rings. The molecule has 0 aliphatic carbocycles. The maximum absolute atomic E-state index is 11.7. The summed E-state index contributed by atoms with van der Waals surface area (Å²) in [6.45, 7) is 0.818. The molecule has 1 atom stereocenters. The Morgan fingerprint density at radius 3 is 2.57 bits per heavy atom. The van der Waals surface area contributed by atoms with Gasteiger partial charge in [-0.25, -0.2) is 8.42 Å². The first kappa shape index (κ1) is 16.2. The van der Waals surface area contributed by atoms with E-state index in [0.29, 0.717) is 5.75 Å². The van der Waals surface area contributed by atoms with Crippen LogP contribution < -0.4 is 5.32 Å². The topological polar surface area (TPSA) is 46.2 Å². The summed E-state index contributed by atoms with van der Waals surface area (Å²) in [7, 11) is -2.83. The monoisotopic (exact) mass is 329 g/mol. The Labute approximate surface area is 138 Å². The molecule has 1 fully saturated rings. The van der Waals surface area contributed by atoms with Gasteiger partial charge in [-0.05, 0) is 42.5 Å². The first-order valence-electron chi connectivity index (χ1n) is 8.21. The predicted molar refractivity (Wildman–Crippen MR) is 95.3 cm³/mol. The van der Waals surface area contributed by atoms with Gasteiger partial charge in [0.1, 0.15) is 0 Å². The normalized spacial score (nSPS) is 20.3. The van der Waals surface area contributed by atoms with Crippen molar-refractivity contribution in [2.75, 3.05) is 18.1 Å². The van der Waals surface area contributed by atoms with E-state index in [4.69, 9.17) is 0 Å². The SMILES string of the molecule is O=S1(=O)CCC[C@@H](NCCc2cccc(-c3ccccc3)c2)C1. The van der Waals surface area contributed by atoms with Gasteiger partial charge in [0.05, 0.1) is 11.5 Å². The summed E-state index contributed by atoms with van der Waals surface area (Å²) in [6.07, 6.45) is 2.66. The average Bonchev–Trinajstić information content (AvgIpc) is 2.55. The largest absolute Gasteiger partial charge is 0.313 e. The van der Waals surface area contributed by atoms with Crippen molar-refractivity contribution in [1.82, 2.24) is 5.32 Å². The number of rotatable bonds is 5. The van der Waals surface area contributed by atoms with E-state index in [2.05, 4.69) is 41.7 Å². The molecule has 2 aromatic rings. The molecule has 1 saturated heterocycles. The van der Waals surface area contributed by atoms with Gasteiger partial charge in [-0.1, -0.05) is 54.6 Å². The number of sulfone groups is 1. The fourth-order valence-electron chi connectivity index (χ4n) is 3.14. The summed E-state index contributed by atoms with van der Waals surface area (Å²) in [5, 5.41) is 3.41. The average molecular weight is 329 g/mol. The molecule has 0 saturated carbocycles. The van der Waals surface area contributed by atoms with Crippen molar-refractivity contribution in [2.45, 2.75) is 25.3 Å². The van der Waals surface area contributed by atoms with Crippen LogP contribution in [0, 0.1) is 0 Å². The van der Waals surface area contributed by atoms with Crippen molar-refractivity contribution >= 4 is 9.84 Å². The number of benzene rings is 2. The van der Waals surface area contributed by atoms with Crippen LogP contribution in [-0.2, 0) is 16.3 Å². The standard InChI is InChI=1S/C19H23NO2S/c21-23(22)13-5-10-19(15-23)20-12-11-16-6-4-9-18(14-16)17-7-2-1-3-8-17/h1-4,6-9,14,19-20H,5,10-13,15H2/t19-/m1/s1. The van der Waals surface area contributed by atoms with Gasteiger partial charge in [0, 0.05) is 6.04 Å². The van der Waals surface area contributed by atoms with Crippen LogP contribution in [0.5, 0.6) is 0 Å². The summed E-state index contributed by atoms with van der Waals surface area (Å²) in [5.74, 6) is 0.640. The molecule has 0 radical (unpaired) electrons. The van der Waals surface area contributed by atoms with Gasteiger partial charge in [-0.3, -0.25) is 0 Å². The van der Waals surface area contributed by atoms with Crippen molar-refractivity contribution in [3.8, 4) is 11.1 Å². The fraction of sp³-hybridized carbons (Fsp3) is 0.368. The number of nitrogens with one attached hydrogen (secondary N) is 1. The maximum atomic E-state index is 11.7. The van der Waals surface area contributed by atoms with Crippen molar-refractivity contribution in [2.24, 2.45) is 0 Å². The second-order valence-electron chi connectivity index (χ2n) is 6.22. The van der Waals surface area contributed by atoms with Gasteiger partial charge in [0.25, 0.3) is 0 Å². The summed E-state index contributed by atoms with van der Waals surface area (Å²) in [5.41, 5.74) is 3.72. The lowest BCUT2D eigenvalue weighted by Crippen LogP contribution is -2.40. The summed E-state index contributed by atoms with van der Waals surface area (Å²) in [4.78, 5) is 0. The smallest absolute Gasteiger partial charge is 0.151 e. The van der Waals surface area contributed by atoms with Crippen LogP contribution in [0.15, 0.2) is 54.6 Å². The van der Waals surface area contributed by atoms with Gasteiger partial charge in [-0.2, -0.15) is 0 Å². The van der Waals surface area contributed by atoms with E-state index in [9.17, 15) is 8.42 Å². The second-order valence-corrected chi connectivity index (χ2v) is 8.45. The lowest BCUT2D eigenvalue weighted by molar-refractivity contribution is 0.483. The first-order valence-corrected chi connectivity index (χ1v) is 10.0. The van der Waals surface area contributed by atoms with Crippen molar-refractivity contribution in [3.63, 3.8) is 0 Å². The van der Waals surface area contributed by atoms with Crippen molar-refractivity contribution in [1.29, 1.82) is 0 Å². The third kappa shape index (κ3) is 4.66. The van der Waals surface area contributed by atoms with Crippen LogP contribution in [0.1, 0.15) is 18.4 Å². The molecule has 23 heavy (non-hydrogen) atoms. The van der Waals surface area contributed by atoms with Crippen LogP contribution in [0.25, 0.3) is 11.1 Å². The zero-order valence-electron chi connectivity index (χ0n) is 13.2. The highest BCUT2D eigenvalue weighted by atomic mass is 32.2. The van der Waals surface area contributed by atoms with Gasteiger partial charge >= 0.3 is 0 Å². The van der Waals surface area contributed by atoms with Crippen LogP contribution in [0.4, 0.5) is 0 Å². The lowest BCUT2D eigenvalue weighted by Gasteiger charge is -2.23. The van der Waals surface area contributed by atoms with Crippen molar-refractivity contribution in [3.05, 3.63) is 60.2 Å². The minimum absolute atomic E-state index is 0.117. The molecule has 0 bridgehead atoms. The highest BCUT2D eigenvalue weighted by Gasteiger charge is 2.23. The lowest BCUT2D eigenvalue weighted by atomic mass is 10.0. The van der Waals surface area contributed by atoms with Crippen LogP contribution in [-0.4, -0.2) is 32.5 Å². The predicted octanol–water partition coefficient (Wildman–Crippen LogP) is 3.06. The quantitative estimate of drug-likeness (QED) is 0.917. The molecule has 122 valence electrons. The molecule has 1 aliphatic heterocycles. The fourth-order valence-corrected chi connectivity index (χ4v) is 4.81. The summed E-state index contributed by atoms with van der Waals surface area (Å²) in [6, 6.07) is 19.0. The molecule has 3 nitrogen and oxygen atoms in total. The highest BCUT2D eigenvalue weighted by molar-refractivity contribution is 7.91. The number of hydrogen-bond donors (Lipinski definition) is 1. The van der Waals surface area contributed by atoms with E-state index in [1.54, 1.807) is 0 Å². The van der Waals surface area contributed by atoms with E-state index >= 15 is 0 Å². The second kappa shape index (κ2) is 7.28. The molecular weight excluding hydrogens is 306 g/mol. The maximum Gasteiger partial charge on any atom is 0.151 e. The molecule has 2 aromatic carbocycles. The van der Waals surface area contributed by atoms with Crippen LogP contribution in [0.2, 0.25) is 0 Å². The van der Waals surface area contributed by atoms with Gasteiger partial charge in [0.15, 0.2) is 9.84 Å². The molecule has 4 heteroatoms. The minimum Gasteiger partial charge on any atom is -0.313 e. The summed E-state index contributed by atoms with van der Waals surface area (Å²) >= 11 is 0. The molecule has 0 amide bonds. The van der Waals surface area contributed by atoms with Gasteiger partial charge in [-0.15, -0.1) is 0 Å². The highest BCUT2D eigenvalue weighted by Crippen LogP contribution is 2.20. The zero-order valence-corrected chi connectivity index (χ0v) is 14.1. The third-order valence-electron chi connectivity index (χ3n) is 4.34. The Kier molecular flexibility index (Phi) is 5.13. The number of hydrogen-bond acceptors (Lipinski definition) is 3. The van der Waals surface area contributed by atoms with E-state index in [1.165, 1.54) is 16.7 Å². The molecule has 0 spiro atoms. The minimum atomic E-state index is -2.83. The first-order chi connectivity index (χ1) is 11.1. The molecule has 1 heterocycles. The van der Waals surface area contributed by atoms with E-state index in [1.807, 2.05) is 18.2 Å². The molecular formula is C19H23NO2S. The van der Waals surface area contributed by atoms with Gasteiger partial charge in [0.2, 0.25) is 0 Å². The van der Waals surface area contributed by atoms with Crippen LogP contribution in [0.3, 0.4) is 0 Å². The van der Waals surface area contributed by atoms with Crippen molar-refractivity contribution < 1.29 is 8.42 Å². The Hall–Kier alpha value is -1.65. The molecule has 3 rings (SSSR count). The third-order valence-corrected chi connectivity index (χ3v) is 6.16. The zero-order chi connectivity index (χ0) is 16.1.